The number of benzene rings is 6. The van der Waals surface area contributed by atoms with Crippen molar-refractivity contribution < 1.29 is 139 Å². The summed E-state index contributed by atoms with van der Waals surface area (Å²) < 4.78 is 75.5. The quantitative estimate of drug-likeness (QED) is 0.0251. The molecule has 6 aromatic rings. The molecule has 0 radical (unpaired) electrons. The van der Waals surface area contributed by atoms with Crippen molar-refractivity contribution in [2.24, 2.45) is 20.5 Å². The van der Waals surface area contributed by atoms with E-state index in [0.29, 0.717) is 33.1 Å². The second kappa shape index (κ2) is 17.9. The predicted octanol–water partition coefficient (Wildman–Crippen LogP) is -2.98. The number of hydrogen-bond acceptors (Lipinski definition) is 17. The number of nitrogen functional groups attached to an aromatic ring is 1. The molecule has 0 bridgehead atoms. The van der Waals surface area contributed by atoms with Crippen LogP contribution in [0.5, 0.6) is 11.5 Å². The molecule has 0 unspecified atom stereocenters. The second-order valence-electron chi connectivity index (χ2n) is 10.2. The number of anilines is 1. The molecule has 6 aromatic carbocycles. The van der Waals surface area contributed by atoms with Crippen LogP contribution in [-0.2, 0) is 29.6 Å². The second-order valence-corrected chi connectivity index (χ2v) is 13.6. The summed E-state index contributed by atoms with van der Waals surface area (Å²) in [6.07, 6.45) is 0. The molecule has 0 spiro atoms. The Kier molecular flexibility index (Phi) is 15.2. The van der Waals surface area contributed by atoms with Gasteiger partial charge < -0.3 is 30.3 Å². The fraction of sp³-hybridized carbons (Fsp3) is 0. The van der Waals surface area contributed by atoms with Crippen LogP contribution in [0.1, 0.15) is 0 Å². The van der Waals surface area contributed by atoms with Crippen molar-refractivity contribution in [2.45, 2.75) is 14.7 Å². The zero-order valence-corrected chi connectivity index (χ0v) is 35.7. The number of phenolic OH excluding ortho intramolecular Hbond substituents is 2. The zero-order valence-electron chi connectivity index (χ0n) is 27.2. The monoisotopic (exact) mass is 789 g/mol. The van der Waals surface area contributed by atoms with E-state index in [1.165, 1.54) is 54.6 Å². The molecule has 0 heterocycles. The number of nitrogens with two attached hydrogens (primary N) is 1. The first-order valence-corrected chi connectivity index (χ1v) is 17.1. The van der Waals surface area contributed by atoms with Crippen molar-refractivity contribution in [3.05, 3.63) is 84.9 Å². The standard InChI is InChI=1S/C30H21N5O11S3.3Na/c31-16-4-6-18-15(12-16)13-27(49(42,43)44)28(30(18)37)35-34-25-10-9-24(20-7-5-17(14-22(20)25)47-46-45-38)33-32-23-3-1-2-21-19(23)8-11-26(29(21)36)48(39,40)41;;;/h1-14,36-38H,31H2,(H,39,40,41)(H,42,43,44);;;/q;3*+1/p-3. The largest absolute Gasteiger partial charge is 1.00 e. The summed E-state index contributed by atoms with van der Waals surface area (Å²) in [6.45, 7) is 0. The number of aromatic hydroxyl groups is 2. The molecule has 0 aromatic heterocycles. The van der Waals surface area contributed by atoms with Gasteiger partial charge in [0, 0.05) is 37.5 Å². The summed E-state index contributed by atoms with van der Waals surface area (Å²) in [5.74, 6) is -1.35. The van der Waals surface area contributed by atoms with Crippen molar-refractivity contribution in [1.29, 1.82) is 0 Å². The van der Waals surface area contributed by atoms with E-state index in [1.54, 1.807) is 18.2 Å². The fourth-order valence-electron chi connectivity index (χ4n) is 5.04. The van der Waals surface area contributed by atoms with E-state index in [0.717, 1.165) is 12.1 Å². The Morgan fingerprint density at radius 1 is 0.615 bits per heavy atom. The molecule has 0 saturated heterocycles. The molecule has 52 heavy (non-hydrogen) atoms. The van der Waals surface area contributed by atoms with E-state index < -0.39 is 47.2 Å². The smallest absolute Gasteiger partial charge is 0.744 e. The summed E-state index contributed by atoms with van der Waals surface area (Å²) in [6, 6.07) is 19.6. The van der Waals surface area contributed by atoms with E-state index >= 15 is 0 Å². The molecule has 0 amide bonds. The van der Waals surface area contributed by atoms with Gasteiger partial charge in [0.2, 0.25) is 0 Å². The van der Waals surface area contributed by atoms with Gasteiger partial charge in [-0.25, -0.2) is 16.8 Å². The number of phenols is 2. The van der Waals surface area contributed by atoms with Crippen molar-refractivity contribution in [1.82, 2.24) is 0 Å². The van der Waals surface area contributed by atoms with Crippen molar-refractivity contribution in [3.8, 4) is 11.5 Å². The molecule has 6 rings (SSSR count). The van der Waals surface area contributed by atoms with Gasteiger partial charge in [-0.3, -0.25) is 5.04 Å². The minimum Gasteiger partial charge on any atom is -0.744 e. The van der Waals surface area contributed by atoms with Gasteiger partial charge in [-0.05, 0) is 66.0 Å². The van der Waals surface area contributed by atoms with Gasteiger partial charge in [0.05, 0.1) is 38.9 Å². The number of rotatable bonds is 9. The predicted molar refractivity (Wildman–Crippen MR) is 172 cm³/mol. The van der Waals surface area contributed by atoms with Crippen LogP contribution >= 0.6 is 12.0 Å². The topological polar surface area (TPSA) is 272 Å². The van der Waals surface area contributed by atoms with E-state index in [9.17, 15) is 41.4 Å². The van der Waals surface area contributed by atoms with Crippen LogP contribution in [0.4, 0.5) is 28.4 Å². The maximum absolute atomic E-state index is 12.2. The van der Waals surface area contributed by atoms with Crippen molar-refractivity contribution >= 4 is 93.0 Å². The molecule has 0 aliphatic heterocycles. The van der Waals surface area contributed by atoms with Gasteiger partial charge >= 0.3 is 88.7 Å². The number of nitrogens with zero attached hydrogens (tertiary/aromatic N) is 4. The van der Waals surface area contributed by atoms with Gasteiger partial charge in [0.25, 0.3) is 0 Å². The third-order valence-corrected chi connectivity index (χ3v) is 9.50. The van der Waals surface area contributed by atoms with Gasteiger partial charge in [0.1, 0.15) is 31.7 Å². The molecular formula is C30H18N5Na3O11S3. The van der Waals surface area contributed by atoms with Crippen LogP contribution in [0.2, 0.25) is 0 Å². The minimum absolute atomic E-state index is 0. The molecule has 0 fully saturated rings. The number of fused-ring (bicyclic) bond motifs is 3. The van der Waals surface area contributed by atoms with Crippen molar-refractivity contribution in [2.75, 3.05) is 5.73 Å². The Balaban J connectivity index is 0.00000243. The molecule has 4 N–H and O–H groups in total. The first kappa shape index (κ1) is 44.1. The number of hydrogen-bond donors (Lipinski definition) is 3. The van der Waals surface area contributed by atoms with Crippen LogP contribution in [0.15, 0.2) is 120 Å². The first-order chi connectivity index (χ1) is 23.3. The third-order valence-electron chi connectivity index (χ3n) is 7.21. The van der Waals surface area contributed by atoms with Crippen LogP contribution in [-0.4, -0.2) is 36.2 Å². The summed E-state index contributed by atoms with van der Waals surface area (Å²) in [5, 5.41) is 53.3. The summed E-state index contributed by atoms with van der Waals surface area (Å²) in [4.78, 5) is -1.26. The average Bonchev–Trinajstić information content (AvgIpc) is 3.05. The van der Waals surface area contributed by atoms with Gasteiger partial charge in [-0.1, -0.05) is 24.3 Å². The van der Waals surface area contributed by atoms with E-state index in [2.05, 4.69) is 29.8 Å². The Morgan fingerprint density at radius 2 is 1.19 bits per heavy atom. The molecule has 0 saturated carbocycles. The van der Waals surface area contributed by atoms with Crippen LogP contribution in [0, 0.1) is 0 Å². The summed E-state index contributed by atoms with van der Waals surface area (Å²) in [7, 11) is -10.1. The average molecular weight is 790 g/mol. The van der Waals surface area contributed by atoms with E-state index in [1.807, 2.05) is 0 Å². The molecule has 0 aliphatic rings. The summed E-state index contributed by atoms with van der Waals surface area (Å²) >= 11 is 0.570. The molecule has 16 nitrogen and oxygen atoms in total. The number of azo groups is 2. The first-order valence-electron chi connectivity index (χ1n) is 13.5. The maximum Gasteiger partial charge on any atom is 1.00 e. The van der Waals surface area contributed by atoms with Gasteiger partial charge in [-0.15, -0.1) is 20.5 Å². The van der Waals surface area contributed by atoms with Crippen LogP contribution in [0.25, 0.3) is 32.3 Å². The third kappa shape index (κ3) is 9.33. The van der Waals surface area contributed by atoms with Crippen molar-refractivity contribution in [3.63, 3.8) is 0 Å². The van der Waals surface area contributed by atoms with Crippen LogP contribution < -0.4 is 99.7 Å². The maximum atomic E-state index is 12.2. The Bertz CT molecular complexity index is 2610. The Labute approximate surface area is 365 Å². The molecule has 22 heteroatoms. The van der Waals surface area contributed by atoms with E-state index in [-0.39, 0.29) is 128 Å². The molecular weight excluding hydrogens is 772 g/mol. The fourth-order valence-corrected chi connectivity index (χ4v) is 6.66. The normalized spacial score (nSPS) is 11.9. The van der Waals surface area contributed by atoms with Gasteiger partial charge in [-0.2, -0.15) is 4.33 Å². The Morgan fingerprint density at radius 3 is 1.85 bits per heavy atom. The molecule has 0 aliphatic carbocycles. The molecule has 0 atom stereocenters. The minimum atomic E-state index is -5.15. The zero-order chi connectivity index (χ0) is 35.1. The molecule has 250 valence electrons. The SMILES string of the molecule is Nc1ccc2c(O)c(N=Nc3ccc(N=Nc4cccc5c(O)c(S(=O)(=O)[O-])ccc45)c4ccc(SOO[O-])cc34)c(S(=O)(=O)[O-])cc2c1.[Na+].[Na+].[Na+]. The summed E-state index contributed by atoms with van der Waals surface area (Å²) in [5.41, 5.74) is 6.02. The van der Waals surface area contributed by atoms with Crippen LogP contribution in [0.3, 0.4) is 0 Å². The van der Waals surface area contributed by atoms with Gasteiger partial charge in [0.15, 0.2) is 5.75 Å². The van der Waals surface area contributed by atoms with E-state index in [4.69, 9.17) is 5.73 Å². The Hall–Kier alpha value is -2.25.